The van der Waals surface area contributed by atoms with Crippen LogP contribution in [-0.4, -0.2) is 40.5 Å². The van der Waals surface area contributed by atoms with E-state index in [1.807, 2.05) is 0 Å². The fourth-order valence-corrected chi connectivity index (χ4v) is 1.73. The molecule has 0 aromatic heterocycles. The molecule has 1 aromatic carbocycles. The lowest BCUT2D eigenvalue weighted by Gasteiger charge is -2.20. The van der Waals surface area contributed by atoms with Gasteiger partial charge in [0.25, 0.3) is 5.69 Å². The number of urea groups is 1. The van der Waals surface area contributed by atoms with Crippen LogP contribution in [0.2, 0.25) is 0 Å². The van der Waals surface area contributed by atoms with Crippen LogP contribution in [-0.2, 0) is 4.79 Å². The first-order valence-corrected chi connectivity index (χ1v) is 6.22. The Bertz CT molecular complexity index is 573. The predicted octanol–water partition coefficient (Wildman–Crippen LogP) is 2.09. The molecule has 0 saturated heterocycles. The number of nitro groups is 1. The molecule has 0 aliphatic carbocycles. The minimum absolute atomic E-state index is 0.0270. The highest BCUT2D eigenvalue weighted by Crippen LogP contribution is 2.21. The number of benzene rings is 1. The molecule has 0 spiro atoms. The summed E-state index contributed by atoms with van der Waals surface area (Å²) in [6.07, 6.45) is 0. The molecule has 114 valence electrons. The summed E-state index contributed by atoms with van der Waals surface area (Å²) in [5.74, 6) is -1.67. The predicted molar refractivity (Wildman–Crippen MR) is 76.3 cm³/mol. The van der Waals surface area contributed by atoms with Gasteiger partial charge in [-0.25, -0.2) is 4.79 Å². The maximum Gasteiger partial charge on any atom is 0.321 e. The molecule has 0 heterocycles. The second-order valence-corrected chi connectivity index (χ2v) is 4.81. The number of carboxylic acid groups (broad SMARTS) is 1. The molecule has 0 saturated carbocycles. The zero-order valence-corrected chi connectivity index (χ0v) is 12.0. The molecule has 0 fully saturated rings. The molecule has 0 aliphatic rings. The molecule has 1 atom stereocenters. The highest BCUT2D eigenvalue weighted by atomic mass is 16.6. The third-order valence-electron chi connectivity index (χ3n) is 2.96. The number of carbonyl (C=O) groups is 2. The number of hydrogen-bond donors (Lipinski definition) is 2. The van der Waals surface area contributed by atoms with Crippen molar-refractivity contribution in [3.8, 4) is 0 Å². The number of aliphatic carboxylic acids is 1. The number of carboxylic acids is 1. The van der Waals surface area contributed by atoms with E-state index in [2.05, 4.69) is 5.32 Å². The zero-order valence-electron chi connectivity index (χ0n) is 12.0. The fourth-order valence-electron chi connectivity index (χ4n) is 1.73. The monoisotopic (exact) mass is 295 g/mol. The largest absolute Gasteiger partial charge is 0.481 e. The fraction of sp³-hybridized carbons (Fsp3) is 0.385. The number of nitrogens with zero attached hydrogens (tertiary/aromatic N) is 2. The number of aryl methyl sites for hydroxylation is 1. The van der Waals surface area contributed by atoms with Crippen LogP contribution < -0.4 is 5.32 Å². The van der Waals surface area contributed by atoms with Crippen molar-refractivity contribution >= 4 is 23.4 Å². The SMILES string of the molecule is Cc1cc(NC(=O)N(C)CC(C)C(=O)O)ccc1[N+](=O)[O-]. The number of anilines is 1. The van der Waals surface area contributed by atoms with Gasteiger partial charge in [0, 0.05) is 30.9 Å². The van der Waals surface area contributed by atoms with Gasteiger partial charge in [-0.1, -0.05) is 6.92 Å². The minimum atomic E-state index is -0.985. The Labute approximate surface area is 121 Å². The minimum Gasteiger partial charge on any atom is -0.481 e. The third kappa shape index (κ3) is 4.44. The van der Waals surface area contributed by atoms with Crippen LogP contribution in [0, 0.1) is 23.0 Å². The normalized spacial score (nSPS) is 11.6. The number of carbonyl (C=O) groups excluding carboxylic acids is 1. The summed E-state index contributed by atoms with van der Waals surface area (Å²) < 4.78 is 0. The second kappa shape index (κ2) is 6.69. The average molecular weight is 295 g/mol. The van der Waals surface area contributed by atoms with Crippen molar-refractivity contribution in [2.24, 2.45) is 5.92 Å². The van der Waals surface area contributed by atoms with Gasteiger partial charge < -0.3 is 15.3 Å². The highest BCUT2D eigenvalue weighted by Gasteiger charge is 2.18. The summed E-state index contributed by atoms with van der Waals surface area (Å²) in [7, 11) is 1.48. The van der Waals surface area contributed by atoms with E-state index in [0.29, 0.717) is 11.3 Å². The molecular formula is C13H17N3O5. The van der Waals surface area contributed by atoms with Crippen molar-refractivity contribution < 1.29 is 19.6 Å². The van der Waals surface area contributed by atoms with Crippen LogP contribution in [0.15, 0.2) is 18.2 Å². The van der Waals surface area contributed by atoms with Crippen LogP contribution >= 0.6 is 0 Å². The van der Waals surface area contributed by atoms with E-state index in [-0.39, 0.29) is 12.2 Å². The quantitative estimate of drug-likeness (QED) is 0.638. The van der Waals surface area contributed by atoms with E-state index >= 15 is 0 Å². The first kappa shape index (κ1) is 16.4. The Balaban J connectivity index is 2.73. The number of amides is 2. The van der Waals surface area contributed by atoms with Gasteiger partial charge in [-0.2, -0.15) is 0 Å². The van der Waals surface area contributed by atoms with Gasteiger partial charge in [0.15, 0.2) is 0 Å². The summed E-state index contributed by atoms with van der Waals surface area (Å²) in [6, 6.07) is 3.75. The second-order valence-electron chi connectivity index (χ2n) is 4.81. The maximum absolute atomic E-state index is 11.9. The lowest BCUT2D eigenvalue weighted by atomic mass is 10.2. The first-order valence-electron chi connectivity index (χ1n) is 6.22. The topological polar surface area (TPSA) is 113 Å². The standard InChI is InChI=1S/C13H17N3O5/c1-8-6-10(4-5-11(8)16(20)21)14-13(19)15(3)7-9(2)12(17)18/h4-6,9H,7H2,1-3H3,(H,14,19)(H,17,18). The molecule has 1 aromatic rings. The van der Waals surface area contributed by atoms with Gasteiger partial charge in [-0.15, -0.1) is 0 Å². The Morgan fingerprint density at radius 3 is 2.57 bits per heavy atom. The Morgan fingerprint density at radius 2 is 2.10 bits per heavy atom. The van der Waals surface area contributed by atoms with Crippen molar-refractivity contribution in [1.29, 1.82) is 0 Å². The van der Waals surface area contributed by atoms with Gasteiger partial charge in [0.1, 0.15) is 0 Å². The highest BCUT2D eigenvalue weighted by molar-refractivity contribution is 5.89. The van der Waals surface area contributed by atoms with Crippen molar-refractivity contribution in [1.82, 2.24) is 4.90 Å². The summed E-state index contributed by atoms with van der Waals surface area (Å²) >= 11 is 0. The van der Waals surface area contributed by atoms with E-state index < -0.39 is 22.8 Å². The van der Waals surface area contributed by atoms with Gasteiger partial charge in [-0.3, -0.25) is 14.9 Å². The van der Waals surface area contributed by atoms with Crippen LogP contribution in [0.4, 0.5) is 16.2 Å². The van der Waals surface area contributed by atoms with Crippen LogP contribution in [0.5, 0.6) is 0 Å². The summed E-state index contributed by atoms with van der Waals surface area (Å²) in [6.45, 7) is 3.14. The van der Waals surface area contributed by atoms with Crippen LogP contribution in [0.25, 0.3) is 0 Å². The third-order valence-corrected chi connectivity index (χ3v) is 2.96. The zero-order chi connectivity index (χ0) is 16.2. The molecule has 2 N–H and O–H groups in total. The molecule has 1 rings (SSSR count). The lowest BCUT2D eigenvalue weighted by Crippen LogP contribution is -2.36. The smallest absolute Gasteiger partial charge is 0.321 e. The number of hydrogen-bond acceptors (Lipinski definition) is 4. The molecule has 8 nitrogen and oxygen atoms in total. The van der Waals surface area contributed by atoms with Gasteiger partial charge in [0.2, 0.25) is 0 Å². The van der Waals surface area contributed by atoms with Gasteiger partial charge >= 0.3 is 12.0 Å². The van der Waals surface area contributed by atoms with E-state index in [0.717, 1.165) is 0 Å². The van der Waals surface area contributed by atoms with E-state index in [4.69, 9.17) is 5.11 Å². The van der Waals surface area contributed by atoms with Crippen molar-refractivity contribution in [2.45, 2.75) is 13.8 Å². The average Bonchev–Trinajstić information content (AvgIpc) is 2.37. The maximum atomic E-state index is 11.9. The van der Waals surface area contributed by atoms with Crippen molar-refractivity contribution in [3.05, 3.63) is 33.9 Å². The summed E-state index contributed by atoms with van der Waals surface area (Å²) in [4.78, 5) is 34.1. The van der Waals surface area contributed by atoms with Crippen LogP contribution in [0.1, 0.15) is 12.5 Å². The number of nitrogens with one attached hydrogen (secondary N) is 1. The molecule has 0 radical (unpaired) electrons. The molecule has 1 unspecified atom stereocenters. The molecule has 21 heavy (non-hydrogen) atoms. The first-order chi connectivity index (χ1) is 9.72. The van der Waals surface area contributed by atoms with E-state index in [9.17, 15) is 19.7 Å². The Morgan fingerprint density at radius 1 is 1.48 bits per heavy atom. The molecule has 8 heteroatoms. The summed E-state index contributed by atoms with van der Waals surface area (Å²) in [5, 5.41) is 22.1. The number of nitro benzene ring substituents is 1. The Kier molecular flexibility index (Phi) is 5.23. The van der Waals surface area contributed by atoms with Crippen LogP contribution in [0.3, 0.4) is 0 Å². The van der Waals surface area contributed by atoms with E-state index in [1.54, 1.807) is 6.92 Å². The molecule has 0 bridgehead atoms. The van der Waals surface area contributed by atoms with Crippen molar-refractivity contribution in [2.75, 3.05) is 18.9 Å². The van der Waals surface area contributed by atoms with Crippen molar-refractivity contribution in [3.63, 3.8) is 0 Å². The van der Waals surface area contributed by atoms with Gasteiger partial charge in [-0.05, 0) is 19.1 Å². The molecule has 0 aliphatic heterocycles. The van der Waals surface area contributed by atoms with E-state index in [1.165, 1.54) is 37.1 Å². The molecular weight excluding hydrogens is 278 g/mol. The molecule has 2 amide bonds. The van der Waals surface area contributed by atoms with Gasteiger partial charge in [0.05, 0.1) is 10.8 Å². The number of rotatable bonds is 5. The Hall–Kier alpha value is -2.64. The summed E-state index contributed by atoms with van der Waals surface area (Å²) in [5.41, 5.74) is 0.818. The lowest BCUT2D eigenvalue weighted by molar-refractivity contribution is -0.385.